The minimum absolute atomic E-state index is 0.161. The van der Waals surface area contributed by atoms with E-state index in [-0.39, 0.29) is 11.8 Å². The molecule has 1 aromatic heterocycles. The highest BCUT2D eigenvalue weighted by Gasteiger charge is 2.28. The van der Waals surface area contributed by atoms with Crippen molar-refractivity contribution in [2.45, 2.75) is 12.8 Å². The van der Waals surface area contributed by atoms with Crippen LogP contribution in [0.5, 0.6) is 0 Å². The van der Waals surface area contributed by atoms with E-state index in [1.54, 1.807) is 18.3 Å². The van der Waals surface area contributed by atoms with Gasteiger partial charge in [0.1, 0.15) is 5.82 Å². The molecule has 86 valence electrons. The highest BCUT2D eigenvalue weighted by atomic mass is 35.5. The first kappa shape index (κ1) is 11.2. The fourth-order valence-corrected chi connectivity index (χ4v) is 1.56. The van der Waals surface area contributed by atoms with Gasteiger partial charge in [-0.15, -0.1) is 0 Å². The number of hydrogen-bond acceptors (Lipinski definition) is 3. The van der Waals surface area contributed by atoms with Crippen molar-refractivity contribution in [1.29, 1.82) is 0 Å². The second-order valence-corrected chi connectivity index (χ2v) is 4.23. The van der Waals surface area contributed by atoms with Gasteiger partial charge < -0.3 is 10.6 Å². The van der Waals surface area contributed by atoms with Gasteiger partial charge in [-0.05, 0) is 25.0 Å². The lowest BCUT2D eigenvalue weighted by molar-refractivity contribution is -0.122. The van der Waals surface area contributed by atoms with Crippen molar-refractivity contribution in [2.24, 2.45) is 5.92 Å². The third-order valence-corrected chi connectivity index (χ3v) is 2.73. The highest BCUT2D eigenvalue weighted by molar-refractivity contribution is 6.32. The Balaban J connectivity index is 1.67. The van der Waals surface area contributed by atoms with Crippen LogP contribution in [0.2, 0.25) is 5.02 Å². The number of pyridine rings is 1. The van der Waals surface area contributed by atoms with Crippen LogP contribution in [0.3, 0.4) is 0 Å². The molecule has 2 N–H and O–H groups in total. The molecular formula is C11H14ClN3O. The summed E-state index contributed by atoms with van der Waals surface area (Å²) < 4.78 is 0. The summed E-state index contributed by atoms with van der Waals surface area (Å²) in [5.74, 6) is 1.08. The molecule has 0 aliphatic heterocycles. The van der Waals surface area contributed by atoms with Gasteiger partial charge >= 0.3 is 0 Å². The van der Waals surface area contributed by atoms with Crippen LogP contribution in [-0.4, -0.2) is 24.0 Å². The van der Waals surface area contributed by atoms with Crippen LogP contribution in [-0.2, 0) is 4.79 Å². The molecule has 1 aliphatic carbocycles. The van der Waals surface area contributed by atoms with E-state index in [9.17, 15) is 4.79 Å². The molecule has 0 atom stereocenters. The lowest BCUT2D eigenvalue weighted by Crippen LogP contribution is -2.29. The van der Waals surface area contributed by atoms with Gasteiger partial charge in [-0.25, -0.2) is 4.98 Å². The predicted molar refractivity (Wildman–Crippen MR) is 63.5 cm³/mol. The Morgan fingerprint density at radius 3 is 3.00 bits per heavy atom. The van der Waals surface area contributed by atoms with Crippen molar-refractivity contribution in [3.8, 4) is 0 Å². The highest BCUT2D eigenvalue weighted by Crippen LogP contribution is 2.28. The molecule has 1 fully saturated rings. The maximum absolute atomic E-state index is 11.3. The Kier molecular flexibility index (Phi) is 3.62. The molecule has 16 heavy (non-hydrogen) atoms. The molecule has 1 heterocycles. The fourth-order valence-electron chi connectivity index (χ4n) is 1.37. The molecule has 1 saturated carbocycles. The zero-order valence-electron chi connectivity index (χ0n) is 8.87. The van der Waals surface area contributed by atoms with E-state index in [1.165, 1.54) is 0 Å². The number of nitrogens with one attached hydrogen (secondary N) is 2. The molecule has 5 heteroatoms. The summed E-state index contributed by atoms with van der Waals surface area (Å²) >= 11 is 5.91. The van der Waals surface area contributed by atoms with Crippen molar-refractivity contribution in [1.82, 2.24) is 10.3 Å². The normalized spacial score (nSPS) is 14.6. The van der Waals surface area contributed by atoms with Gasteiger partial charge in [-0.2, -0.15) is 0 Å². The second kappa shape index (κ2) is 5.16. The van der Waals surface area contributed by atoms with Crippen LogP contribution in [0.1, 0.15) is 12.8 Å². The number of amides is 1. The Hall–Kier alpha value is -1.29. The van der Waals surface area contributed by atoms with Gasteiger partial charge in [0.05, 0.1) is 5.02 Å². The molecular weight excluding hydrogens is 226 g/mol. The van der Waals surface area contributed by atoms with E-state index in [1.807, 2.05) is 0 Å². The third kappa shape index (κ3) is 3.10. The largest absolute Gasteiger partial charge is 0.367 e. The minimum Gasteiger partial charge on any atom is -0.367 e. The minimum atomic E-state index is 0.161. The summed E-state index contributed by atoms with van der Waals surface area (Å²) in [6.07, 6.45) is 3.74. The first-order valence-electron chi connectivity index (χ1n) is 5.39. The number of aromatic nitrogens is 1. The van der Waals surface area contributed by atoms with Crippen LogP contribution in [0.4, 0.5) is 5.82 Å². The molecule has 1 aliphatic rings. The van der Waals surface area contributed by atoms with E-state index < -0.39 is 0 Å². The molecule has 0 unspecified atom stereocenters. The van der Waals surface area contributed by atoms with Gasteiger partial charge in [0.25, 0.3) is 0 Å². The van der Waals surface area contributed by atoms with Crippen LogP contribution in [0.15, 0.2) is 18.3 Å². The summed E-state index contributed by atoms with van der Waals surface area (Å²) in [6, 6.07) is 3.56. The number of nitrogens with zero attached hydrogens (tertiary/aromatic N) is 1. The van der Waals surface area contributed by atoms with Crippen molar-refractivity contribution >= 4 is 23.3 Å². The van der Waals surface area contributed by atoms with Crippen LogP contribution >= 0.6 is 11.6 Å². The van der Waals surface area contributed by atoms with Crippen molar-refractivity contribution < 1.29 is 4.79 Å². The SMILES string of the molecule is O=C(NCCNc1ncccc1Cl)C1CC1. The molecule has 4 nitrogen and oxygen atoms in total. The number of carbonyl (C=O) groups excluding carboxylic acids is 1. The van der Waals surface area contributed by atoms with Crippen LogP contribution in [0.25, 0.3) is 0 Å². The van der Waals surface area contributed by atoms with E-state index in [2.05, 4.69) is 15.6 Å². The second-order valence-electron chi connectivity index (χ2n) is 3.83. The lowest BCUT2D eigenvalue weighted by Gasteiger charge is -2.07. The summed E-state index contributed by atoms with van der Waals surface area (Å²) in [6.45, 7) is 1.23. The zero-order chi connectivity index (χ0) is 11.4. The molecule has 0 radical (unpaired) electrons. The lowest BCUT2D eigenvalue weighted by atomic mass is 10.4. The first-order valence-corrected chi connectivity index (χ1v) is 5.77. The monoisotopic (exact) mass is 239 g/mol. The van der Waals surface area contributed by atoms with Gasteiger partial charge in [0, 0.05) is 25.2 Å². The number of hydrogen-bond donors (Lipinski definition) is 2. The summed E-state index contributed by atoms with van der Waals surface area (Å²) in [4.78, 5) is 15.4. The van der Waals surface area contributed by atoms with E-state index >= 15 is 0 Å². The van der Waals surface area contributed by atoms with Gasteiger partial charge in [-0.3, -0.25) is 4.79 Å². The Bertz CT molecular complexity index is 379. The average Bonchev–Trinajstić information content (AvgIpc) is 3.10. The van der Waals surface area contributed by atoms with E-state index in [0.717, 1.165) is 12.8 Å². The third-order valence-electron chi connectivity index (χ3n) is 2.42. The number of anilines is 1. The Labute approximate surface area is 99.4 Å². The van der Waals surface area contributed by atoms with Gasteiger partial charge in [-0.1, -0.05) is 11.6 Å². The van der Waals surface area contributed by atoms with Crippen molar-refractivity contribution in [3.63, 3.8) is 0 Å². The summed E-state index contributed by atoms with van der Waals surface area (Å²) in [5.41, 5.74) is 0. The zero-order valence-corrected chi connectivity index (χ0v) is 9.63. The Morgan fingerprint density at radius 1 is 1.50 bits per heavy atom. The molecule has 0 spiro atoms. The number of halogens is 1. The van der Waals surface area contributed by atoms with Crippen molar-refractivity contribution in [3.05, 3.63) is 23.4 Å². The average molecular weight is 240 g/mol. The maximum Gasteiger partial charge on any atom is 0.223 e. The summed E-state index contributed by atoms with van der Waals surface area (Å²) in [5, 5.41) is 6.53. The summed E-state index contributed by atoms with van der Waals surface area (Å²) in [7, 11) is 0. The van der Waals surface area contributed by atoms with Gasteiger partial charge in [0.15, 0.2) is 0 Å². The molecule has 0 bridgehead atoms. The van der Waals surface area contributed by atoms with Crippen LogP contribution in [0, 0.1) is 5.92 Å². The molecule has 2 rings (SSSR count). The predicted octanol–water partition coefficient (Wildman–Crippen LogP) is 1.67. The molecule has 0 saturated heterocycles. The number of carbonyl (C=O) groups is 1. The topological polar surface area (TPSA) is 54.0 Å². The quantitative estimate of drug-likeness (QED) is 0.769. The Morgan fingerprint density at radius 2 is 2.31 bits per heavy atom. The van der Waals surface area contributed by atoms with E-state index in [4.69, 9.17) is 11.6 Å². The molecule has 0 aromatic carbocycles. The first-order chi connectivity index (χ1) is 7.77. The molecule has 1 amide bonds. The standard InChI is InChI=1S/C11H14ClN3O/c12-9-2-1-5-13-10(9)14-6-7-15-11(16)8-3-4-8/h1-2,5,8H,3-4,6-7H2,(H,13,14)(H,15,16). The van der Waals surface area contributed by atoms with Gasteiger partial charge in [0.2, 0.25) is 5.91 Å². The van der Waals surface area contributed by atoms with Crippen LogP contribution < -0.4 is 10.6 Å². The molecule has 1 aromatic rings. The van der Waals surface area contributed by atoms with Crippen molar-refractivity contribution in [2.75, 3.05) is 18.4 Å². The maximum atomic E-state index is 11.3. The fraction of sp³-hybridized carbons (Fsp3) is 0.455. The number of rotatable bonds is 5. The van der Waals surface area contributed by atoms with E-state index in [0.29, 0.717) is 23.9 Å². The smallest absolute Gasteiger partial charge is 0.223 e.